The third-order valence-corrected chi connectivity index (χ3v) is 7.18. The van der Waals surface area contributed by atoms with E-state index < -0.39 is 28.5 Å². The van der Waals surface area contributed by atoms with Crippen LogP contribution in [0.4, 0.5) is 5.69 Å². The minimum absolute atomic E-state index is 0.174. The first-order chi connectivity index (χ1) is 16.1. The minimum atomic E-state index is -3.74. The molecule has 0 fully saturated rings. The smallest absolute Gasteiger partial charge is 0.244 e. The number of amides is 2. The lowest BCUT2D eigenvalue weighted by Gasteiger charge is -2.32. The van der Waals surface area contributed by atoms with Crippen LogP contribution < -0.4 is 9.62 Å². The van der Waals surface area contributed by atoms with Crippen molar-refractivity contribution in [2.75, 3.05) is 23.7 Å². The van der Waals surface area contributed by atoms with Crippen molar-refractivity contribution in [2.24, 2.45) is 0 Å². The predicted octanol–water partition coefficient (Wildman–Crippen LogP) is 4.11. The van der Waals surface area contributed by atoms with E-state index in [-0.39, 0.29) is 12.5 Å². The Labute approximate surface area is 211 Å². The van der Waals surface area contributed by atoms with Gasteiger partial charge in [0.05, 0.1) is 11.9 Å². The van der Waals surface area contributed by atoms with Crippen molar-refractivity contribution >= 4 is 43.5 Å². The minimum Gasteiger partial charge on any atom is -0.354 e. The Morgan fingerprint density at radius 1 is 1.09 bits per heavy atom. The average molecular weight is 553 g/mol. The molecule has 0 saturated carbocycles. The van der Waals surface area contributed by atoms with Crippen molar-refractivity contribution in [1.82, 2.24) is 10.2 Å². The number of unbranched alkanes of at least 4 members (excludes halogenated alkanes) is 1. The topological polar surface area (TPSA) is 86.8 Å². The number of rotatable bonds is 12. The van der Waals surface area contributed by atoms with Crippen LogP contribution in [0.2, 0.25) is 0 Å². The Bertz CT molecular complexity index is 1090. The maximum absolute atomic E-state index is 13.6. The van der Waals surface area contributed by atoms with Gasteiger partial charge in [-0.1, -0.05) is 66.5 Å². The van der Waals surface area contributed by atoms with Crippen molar-refractivity contribution in [1.29, 1.82) is 0 Å². The van der Waals surface area contributed by atoms with Crippen molar-refractivity contribution in [2.45, 2.75) is 52.6 Å². The summed E-state index contributed by atoms with van der Waals surface area (Å²) in [4.78, 5) is 27.8. The van der Waals surface area contributed by atoms with Gasteiger partial charge in [-0.3, -0.25) is 13.9 Å². The maximum Gasteiger partial charge on any atom is 0.244 e. The predicted molar refractivity (Wildman–Crippen MR) is 140 cm³/mol. The Morgan fingerprint density at radius 2 is 1.79 bits per heavy atom. The number of carbonyl (C=O) groups excluding carboxylic acids is 2. The number of benzene rings is 2. The fourth-order valence-electron chi connectivity index (χ4n) is 3.60. The summed E-state index contributed by atoms with van der Waals surface area (Å²) in [6.45, 7) is 5.94. The number of sulfonamides is 1. The molecule has 34 heavy (non-hydrogen) atoms. The highest BCUT2D eigenvalue weighted by atomic mass is 79.9. The van der Waals surface area contributed by atoms with Crippen LogP contribution >= 0.6 is 15.9 Å². The molecule has 0 unspecified atom stereocenters. The lowest BCUT2D eigenvalue weighted by Crippen LogP contribution is -2.51. The van der Waals surface area contributed by atoms with Crippen LogP contribution in [-0.4, -0.2) is 50.5 Å². The first-order valence-corrected chi connectivity index (χ1v) is 14.1. The standard InChI is InChI=1S/C25H34BrN3O4S/c1-5-7-15-27-25(31)19(3)28(17-20-11-10-13-22(26)16-20)24(30)18-29(34(4,32)33)23-14-9-8-12-21(23)6-2/h8-14,16,19H,5-7,15,17-18H2,1-4H3,(H,27,31)/t19-/m0/s1. The number of hydrogen-bond donors (Lipinski definition) is 1. The van der Waals surface area contributed by atoms with E-state index in [9.17, 15) is 18.0 Å². The molecule has 9 heteroatoms. The van der Waals surface area contributed by atoms with Crippen LogP contribution in [0.1, 0.15) is 44.7 Å². The fraction of sp³-hybridized carbons (Fsp3) is 0.440. The SMILES string of the molecule is CCCCNC(=O)[C@H](C)N(Cc1cccc(Br)c1)C(=O)CN(c1ccccc1CC)S(C)(=O)=O. The summed E-state index contributed by atoms with van der Waals surface area (Å²) in [6.07, 6.45) is 3.49. The molecule has 0 spiro atoms. The van der Waals surface area contributed by atoms with Crippen molar-refractivity contribution in [3.05, 3.63) is 64.1 Å². The van der Waals surface area contributed by atoms with Gasteiger partial charge in [0.15, 0.2) is 0 Å². The van der Waals surface area contributed by atoms with Crippen LogP contribution in [0.15, 0.2) is 53.0 Å². The number of para-hydroxylation sites is 1. The number of halogens is 1. The van der Waals surface area contributed by atoms with E-state index in [2.05, 4.69) is 21.2 Å². The first kappa shape index (κ1) is 27.9. The molecule has 2 aromatic rings. The van der Waals surface area contributed by atoms with Crippen LogP contribution in [0.5, 0.6) is 0 Å². The molecule has 0 aliphatic rings. The van der Waals surface area contributed by atoms with E-state index in [1.807, 2.05) is 50.2 Å². The summed E-state index contributed by atoms with van der Waals surface area (Å²) in [6, 6.07) is 13.8. The van der Waals surface area contributed by atoms with Crippen LogP contribution in [0.3, 0.4) is 0 Å². The van der Waals surface area contributed by atoms with E-state index >= 15 is 0 Å². The zero-order chi connectivity index (χ0) is 25.3. The lowest BCUT2D eigenvalue weighted by molar-refractivity contribution is -0.139. The Balaban J connectivity index is 2.38. The number of nitrogens with zero attached hydrogens (tertiary/aromatic N) is 2. The first-order valence-electron chi connectivity index (χ1n) is 11.5. The van der Waals surface area contributed by atoms with Gasteiger partial charge in [0.1, 0.15) is 12.6 Å². The zero-order valence-corrected chi connectivity index (χ0v) is 22.7. The third-order valence-electron chi connectivity index (χ3n) is 5.56. The van der Waals surface area contributed by atoms with Crippen LogP contribution in [0.25, 0.3) is 0 Å². The number of hydrogen-bond acceptors (Lipinski definition) is 4. The van der Waals surface area contributed by atoms with Crippen LogP contribution in [-0.2, 0) is 32.6 Å². The second-order valence-corrected chi connectivity index (χ2v) is 11.0. The molecule has 0 aliphatic heterocycles. The van der Waals surface area contributed by atoms with Gasteiger partial charge >= 0.3 is 0 Å². The molecule has 7 nitrogen and oxygen atoms in total. The number of aryl methyl sites for hydroxylation is 1. The Kier molecular flexibility index (Phi) is 10.6. The summed E-state index contributed by atoms with van der Waals surface area (Å²) < 4.78 is 27.4. The third kappa shape index (κ3) is 7.84. The molecule has 1 N–H and O–H groups in total. The quantitative estimate of drug-likeness (QED) is 0.402. The van der Waals surface area contributed by atoms with Gasteiger partial charge in [-0.2, -0.15) is 0 Å². The summed E-state index contributed by atoms with van der Waals surface area (Å²) in [5.74, 6) is -0.717. The molecule has 0 bridgehead atoms. The highest BCUT2D eigenvalue weighted by molar-refractivity contribution is 9.10. The molecule has 2 rings (SSSR count). The second-order valence-electron chi connectivity index (χ2n) is 8.22. The maximum atomic E-state index is 13.6. The van der Waals surface area contributed by atoms with E-state index in [0.717, 1.165) is 39.0 Å². The summed E-state index contributed by atoms with van der Waals surface area (Å²) in [5, 5.41) is 2.88. The molecule has 0 heterocycles. The number of nitrogens with one attached hydrogen (secondary N) is 1. The van der Waals surface area contributed by atoms with Crippen molar-refractivity contribution in [3.8, 4) is 0 Å². The van der Waals surface area contributed by atoms with Gasteiger partial charge in [-0.05, 0) is 49.1 Å². The fourth-order valence-corrected chi connectivity index (χ4v) is 4.93. The zero-order valence-electron chi connectivity index (χ0n) is 20.3. The molecule has 0 aliphatic carbocycles. The monoisotopic (exact) mass is 551 g/mol. The molecule has 0 radical (unpaired) electrons. The van der Waals surface area contributed by atoms with Gasteiger partial charge in [0.25, 0.3) is 0 Å². The van der Waals surface area contributed by atoms with Crippen LogP contribution in [0, 0.1) is 0 Å². The second kappa shape index (κ2) is 12.9. The summed E-state index contributed by atoms with van der Waals surface area (Å²) in [5.41, 5.74) is 2.13. The molecule has 2 amide bonds. The van der Waals surface area contributed by atoms with Gasteiger partial charge in [0.2, 0.25) is 21.8 Å². The number of anilines is 1. The molecule has 2 aromatic carbocycles. The van der Waals surface area contributed by atoms with Crippen molar-refractivity contribution in [3.63, 3.8) is 0 Å². The lowest BCUT2D eigenvalue weighted by atomic mass is 10.1. The normalized spacial score (nSPS) is 12.1. The molecule has 0 saturated heterocycles. The van der Waals surface area contributed by atoms with E-state index in [4.69, 9.17) is 0 Å². The van der Waals surface area contributed by atoms with Gasteiger partial charge in [-0.15, -0.1) is 0 Å². The Hall–Kier alpha value is -2.39. The van der Waals surface area contributed by atoms with Crippen molar-refractivity contribution < 1.29 is 18.0 Å². The summed E-state index contributed by atoms with van der Waals surface area (Å²) in [7, 11) is -3.74. The van der Waals surface area contributed by atoms with Gasteiger partial charge in [0, 0.05) is 17.6 Å². The molecular formula is C25H34BrN3O4S. The van der Waals surface area contributed by atoms with E-state index in [1.165, 1.54) is 4.90 Å². The highest BCUT2D eigenvalue weighted by Gasteiger charge is 2.30. The Morgan fingerprint density at radius 3 is 2.41 bits per heavy atom. The van der Waals surface area contributed by atoms with E-state index in [0.29, 0.717) is 18.7 Å². The van der Waals surface area contributed by atoms with E-state index in [1.54, 1.807) is 19.1 Å². The number of carbonyl (C=O) groups is 2. The molecular weight excluding hydrogens is 518 g/mol. The molecule has 0 aromatic heterocycles. The molecule has 1 atom stereocenters. The average Bonchev–Trinajstić information content (AvgIpc) is 2.79. The van der Waals surface area contributed by atoms with Gasteiger partial charge < -0.3 is 10.2 Å². The largest absolute Gasteiger partial charge is 0.354 e. The van der Waals surface area contributed by atoms with Gasteiger partial charge in [-0.25, -0.2) is 8.42 Å². The summed E-state index contributed by atoms with van der Waals surface area (Å²) >= 11 is 3.44. The highest BCUT2D eigenvalue weighted by Crippen LogP contribution is 2.24. The molecule has 186 valence electrons.